The Hall–Kier alpha value is -6.82. The van der Waals surface area contributed by atoms with E-state index in [4.69, 9.17) is 0 Å². The fraction of sp³-hybridized carbons (Fsp3) is 0.738. The molecule has 0 aromatic heterocycles. The first-order valence-corrected chi connectivity index (χ1v) is 31.9. The van der Waals surface area contributed by atoms with Crippen molar-refractivity contribution < 1.29 is 65.9 Å². The summed E-state index contributed by atoms with van der Waals surface area (Å²) in [7, 11) is 9.85. The molecule has 22 nitrogen and oxygen atoms in total. The largest absolute Gasteiger partial charge is 0.416 e. The van der Waals surface area contributed by atoms with Crippen LogP contribution in [0.2, 0.25) is 0 Å². The van der Waals surface area contributed by atoms with Gasteiger partial charge in [0.05, 0.1) is 25.2 Å². The first-order chi connectivity index (χ1) is 41.7. The number of rotatable bonds is 13. The molecule has 1 saturated heterocycles. The van der Waals surface area contributed by atoms with Crippen molar-refractivity contribution in [2.24, 2.45) is 29.6 Å². The second-order valence-electron chi connectivity index (χ2n) is 27.2. The fourth-order valence-corrected chi connectivity index (χ4v) is 11.6. The number of likely N-dealkylation sites (N-methyl/N-ethyl adjacent to an activating group) is 7. The van der Waals surface area contributed by atoms with Crippen molar-refractivity contribution in [3.8, 4) is 0 Å². The van der Waals surface area contributed by atoms with Gasteiger partial charge in [-0.2, -0.15) is 13.2 Å². The van der Waals surface area contributed by atoms with E-state index in [2.05, 4.69) is 21.3 Å². The molecule has 25 heteroatoms. The summed E-state index contributed by atoms with van der Waals surface area (Å²) in [4.78, 5) is 167. The number of carbonyl (C=O) groups is 11. The van der Waals surface area contributed by atoms with Gasteiger partial charge in [-0.05, 0) is 107 Å². The van der Waals surface area contributed by atoms with Gasteiger partial charge in [0, 0.05) is 61.8 Å². The van der Waals surface area contributed by atoms with E-state index < -0.39 is 150 Å². The highest BCUT2D eigenvalue weighted by Gasteiger charge is 2.43. The topological polar surface area (TPSA) is 259 Å². The lowest BCUT2D eigenvalue weighted by Gasteiger charge is -2.38. The van der Waals surface area contributed by atoms with Gasteiger partial charge in [-0.15, -0.1) is 0 Å². The number of amides is 11. The molecule has 8 atom stereocenters. The summed E-state index contributed by atoms with van der Waals surface area (Å²) in [5, 5.41) is 11.3. The lowest BCUT2D eigenvalue weighted by Crippen LogP contribution is -2.63. The highest BCUT2D eigenvalue weighted by Crippen LogP contribution is 2.31. The molecule has 508 valence electrons. The molecular formula is C65H106F3N11O11. The van der Waals surface area contributed by atoms with Crippen LogP contribution in [0.3, 0.4) is 0 Å². The standard InChI is InChI=1S/C65H106F3N11O11/c1-19-42(8)56-62(89)75(14)37-54(82)73(12)38-55(83)77(16)51(35-45-23-21-20-22-24-45)61(88)74(13)36-52(80)70-47(30-27-44-25-28-46(29-26-44)65(66,67)68)60(87)78(17)50(33-41(6)7)59(86)72-64(10,11)63(90)79(18)49(32-40(4)5)57(84)69-43(9)34-53(81)76(15)48(31-39(2)3)58(85)71-56/h25-26,28-29,39-43,45,47-51,56H,19-24,27,30-38H2,1-18H3,(H,69,84)(H,70,80)(H,71,85)(H,72,86)/t42-,43+,47-,48-,49-,50+,51-,56-/m0/s1. The number of halogens is 3. The molecule has 90 heavy (non-hydrogen) atoms. The van der Waals surface area contributed by atoms with Crippen molar-refractivity contribution in [2.75, 3.05) is 69.0 Å². The summed E-state index contributed by atoms with van der Waals surface area (Å²) in [5.74, 6) is -8.04. The Labute approximate surface area is 532 Å². The molecule has 1 heterocycles. The predicted molar refractivity (Wildman–Crippen MR) is 336 cm³/mol. The average Bonchev–Trinajstić information content (AvgIpc) is 1.05. The monoisotopic (exact) mass is 1270 g/mol. The zero-order valence-corrected chi connectivity index (χ0v) is 56.8. The number of hydrogen-bond donors (Lipinski definition) is 4. The number of aryl methyl sites for hydroxylation is 1. The van der Waals surface area contributed by atoms with Crippen LogP contribution >= 0.6 is 0 Å². The number of carbonyl (C=O) groups excluding carboxylic acids is 11. The Morgan fingerprint density at radius 2 is 1.04 bits per heavy atom. The van der Waals surface area contributed by atoms with Crippen molar-refractivity contribution in [1.82, 2.24) is 55.6 Å². The van der Waals surface area contributed by atoms with Gasteiger partial charge in [-0.3, -0.25) is 52.7 Å². The SMILES string of the molecule is CC[C@H](C)[C@@H]1NC(=O)[C@H](CC(C)C)N(C)C(=O)C[C@@H](C)NC(=O)[C@H](CC(C)C)N(C)C(=O)C(C)(C)NC(=O)[C@@H](CC(C)C)N(C)C(=O)[C@H](CCc2ccc(C(F)(F)F)cc2)NC(=O)CN(C)C(=O)[C@H](CC2CCCCC2)N(C)C(=O)CN(C)C(=O)CN(C)C1=O. The van der Waals surface area contributed by atoms with Crippen LogP contribution in [0.4, 0.5) is 13.2 Å². The third-order valence-corrected chi connectivity index (χ3v) is 17.4. The number of hydrogen-bond acceptors (Lipinski definition) is 11. The van der Waals surface area contributed by atoms with Crippen LogP contribution in [0.15, 0.2) is 24.3 Å². The Balaban J connectivity index is 2.21. The fourth-order valence-electron chi connectivity index (χ4n) is 11.6. The molecule has 0 spiro atoms. The maximum absolute atomic E-state index is 14.9. The van der Waals surface area contributed by atoms with E-state index in [0.717, 1.165) is 63.8 Å². The minimum absolute atomic E-state index is 0.0148. The number of nitrogens with one attached hydrogen (secondary N) is 4. The van der Waals surface area contributed by atoms with Crippen molar-refractivity contribution in [3.63, 3.8) is 0 Å². The van der Waals surface area contributed by atoms with Gasteiger partial charge in [-0.25, -0.2) is 0 Å². The van der Waals surface area contributed by atoms with E-state index in [1.54, 1.807) is 13.8 Å². The summed E-state index contributed by atoms with van der Waals surface area (Å²) in [6, 6.07) is -3.60. The van der Waals surface area contributed by atoms with Gasteiger partial charge in [0.1, 0.15) is 41.8 Å². The smallest absolute Gasteiger partial charge is 0.351 e. The third kappa shape index (κ3) is 22.8. The van der Waals surface area contributed by atoms with Crippen molar-refractivity contribution in [1.29, 1.82) is 0 Å². The Morgan fingerprint density at radius 1 is 0.556 bits per heavy atom. The van der Waals surface area contributed by atoms with Gasteiger partial charge in [0.15, 0.2) is 0 Å². The van der Waals surface area contributed by atoms with E-state index >= 15 is 0 Å². The first kappa shape index (κ1) is 77.4. The van der Waals surface area contributed by atoms with Gasteiger partial charge in [-0.1, -0.05) is 106 Å². The third-order valence-electron chi connectivity index (χ3n) is 17.4. The van der Waals surface area contributed by atoms with E-state index in [1.807, 2.05) is 48.5 Å². The average molecular weight is 1270 g/mol. The molecule has 0 unspecified atom stereocenters. The molecule has 1 aliphatic heterocycles. The summed E-state index contributed by atoms with van der Waals surface area (Å²) in [6.45, 7) is 17.6. The van der Waals surface area contributed by atoms with Crippen LogP contribution < -0.4 is 21.3 Å². The van der Waals surface area contributed by atoms with Crippen LogP contribution in [0.1, 0.15) is 164 Å². The minimum Gasteiger partial charge on any atom is -0.351 e. The van der Waals surface area contributed by atoms with Crippen LogP contribution in [0, 0.1) is 29.6 Å². The second kappa shape index (κ2) is 34.6. The van der Waals surface area contributed by atoms with Crippen molar-refractivity contribution in [2.45, 2.75) is 214 Å². The number of alkyl halides is 3. The molecule has 0 bridgehead atoms. The van der Waals surface area contributed by atoms with Crippen LogP contribution in [0.25, 0.3) is 0 Å². The number of nitrogens with zero attached hydrogens (tertiary/aromatic N) is 7. The summed E-state index contributed by atoms with van der Waals surface area (Å²) in [6.07, 6.45) is 0.423. The molecule has 1 aromatic carbocycles. The highest BCUT2D eigenvalue weighted by molar-refractivity contribution is 5.98. The molecule has 0 radical (unpaired) electrons. The summed E-state index contributed by atoms with van der Waals surface area (Å²) in [5.41, 5.74) is -2.20. The number of benzene rings is 1. The van der Waals surface area contributed by atoms with Gasteiger partial charge in [0.2, 0.25) is 65.0 Å². The maximum Gasteiger partial charge on any atom is 0.416 e. The Kier molecular flexibility index (Phi) is 29.7. The lowest BCUT2D eigenvalue weighted by atomic mass is 9.84. The van der Waals surface area contributed by atoms with Crippen LogP contribution in [0.5, 0.6) is 0 Å². The highest BCUT2D eigenvalue weighted by atomic mass is 19.4. The van der Waals surface area contributed by atoms with E-state index in [9.17, 15) is 65.9 Å². The maximum atomic E-state index is 14.9. The van der Waals surface area contributed by atoms with Crippen molar-refractivity contribution in [3.05, 3.63) is 35.4 Å². The normalized spacial score (nSPS) is 25.0. The summed E-state index contributed by atoms with van der Waals surface area (Å²) >= 11 is 0. The minimum atomic E-state index is -4.62. The van der Waals surface area contributed by atoms with Gasteiger partial charge < -0.3 is 55.6 Å². The quantitative estimate of drug-likeness (QED) is 0.198. The Morgan fingerprint density at radius 3 is 1.57 bits per heavy atom. The van der Waals surface area contributed by atoms with Crippen molar-refractivity contribution >= 4 is 65.0 Å². The molecule has 2 aliphatic rings. The van der Waals surface area contributed by atoms with Crippen LogP contribution in [-0.4, -0.2) is 216 Å². The molecular weight excluding hydrogens is 1170 g/mol. The molecule has 1 aromatic rings. The van der Waals surface area contributed by atoms with E-state index in [-0.39, 0.29) is 68.6 Å². The van der Waals surface area contributed by atoms with E-state index in [1.165, 1.54) is 90.0 Å². The molecule has 1 saturated carbocycles. The zero-order chi connectivity index (χ0) is 68.4. The van der Waals surface area contributed by atoms with E-state index in [0.29, 0.717) is 12.0 Å². The first-order valence-electron chi connectivity index (χ1n) is 31.9. The molecule has 3 rings (SSSR count). The van der Waals surface area contributed by atoms with Gasteiger partial charge >= 0.3 is 6.18 Å². The predicted octanol–water partition coefficient (Wildman–Crippen LogP) is 5.25. The van der Waals surface area contributed by atoms with Crippen LogP contribution in [-0.2, 0) is 65.3 Å². The molecule has 11 amide bonds. The second-order valence-corrected chi connectivity index (χ2v) is 27.2. The molecule has 1 aliphatic carbocycles. The zero-order valence-electron chi connectivity index (χ0n) is 56.8. The molecule has 4 N–H and O–H groups in total. The molecule has 2 fully saturated rings. The Bertz CT molecular complexity index is 2650. The summed E-state index contributed by atoms with van der Waals surface area (Å²) < 4.78 is 40.8. The lowest BCUT2D eigenvalue weighted by molar-refractivity contribution is -0.149. The van der Waals surface area contributed by atoms with Gasteiger partial charge in [0.25, 0.3) is 0 Å².